The molecule has 1 heterocycles. The van der Waals surface area contributed by atoms with E-state index in [0.29, 0.717) is 11.1 Å². The van der Waals surface area contributed by atoms with Crippen molar-refractivity contribution >= 4 is 28.5 Å². The number of ether oxygens (including phenoxy) is 1. The van der Waals surface area contributed by atoms with Crippen molar-refractivity contribution in [1.82, 2.24) is 4.98 Å². The summed E-state index contributed by atoms with van der Waals surface area (Å²) in [6.45, 7) is 0.0405. The molecule has 1 spiro atoms. The number of oxime groups is 1. The van der Waals surface area contributed by atoms with E-state index in [-0.39, 0.29) is 41.5 Å². The van der Waals surface area contributed by atoms with Gasteiger partial charge in [-0.15, -0.1) is 0 Å². The van der Waals surface area contributed by atoms with E-state index < -0.39 is 82.4 Å². The lowest BCUT2D eigenvalue weighted by molar-refractivity contribution is 0.132. The van der Waals surface area contributed by atoms with Gasteiger partial charge in [0.1, 0.15) is 35.1 Å². The van der Waals surface area contributed by atoms with E-state index in [4.69, 9.17) is 9.57 Å². The highest BCUT2D eigenvalue weighted by molar-refractivity contribution is 5.96. The number of fused-ring (bicyclic) bond motifs is 4. The third-order valence-electron chi connectivity index (χ3n) is 8.69. The summed E-state index contributed by atoms with van der Waals surface area (Å²) in [4.78, 5) is 73.9. The summed E-state index contributed by atoms with van der Waals surface area (Å²) in [6.07, 6.45) is 1.25. The van der Waals surface area contributed by atoms with Crippen molar-refractivity contribution in [3.05, 3.63) is 143 Å². The fraction of sp³-hybridized carbons (Fsp3) is 0.152. The van der Waals surface area contributed by atoms with Gasteiger partial charge in [0.05, 0.1) is 45.3 Å². The molecule has 230 valence electrons. The lowest BCUT2D eigenvalue weighted by atomic mass is 9.78. The maximum atomic E-state index is 13.6. The number of halogens is 1. The Morgan fingerprint density at radius 1 is 0.913 bits per heavy atom. The highest BCUT2D eigenvalue weighted by Crippen LogP contribution is 2.54. The van der Waals surface area contributed by atoms with Gasteiger partial charge in [-0.05, 0) is 47.6 Å². The van der Waals surface area contributed by atoms with E-state index in [0.717, 1.165) is 13.2 Å². The molecular weight excluding hydrogens is 603 g/mol. The first-order chi connectivity index (χ1) is 22.0. The van der Waals surface area contributed by atoms with Crippen molar-refractivity contribution in [2.75, 3.05) is 7.11 Å². The largest absolute Gasteiger partial charge is 0.510 e. The zero-order valence-corrected chi connectivity index (χ0v) is 23.8. The van der Waals surface area contributed by atoms with Crippen molar-refractivity contribution in [3.63, 3.8) is 0 Å². The number of phenolic OH excluding ortho intramolecular Hbond substituents is 1. The molecule has 0 saturated heterocycles. The standard InChI is InChI=1S/C33H21FN2O10/c1-45-19-10-18(37)21-22(26(19)38)28(40)24-23(27(21)39)30(42)33(31(24)43)7-6-14-8-15-9-17(36-32(44)20(15)29(41)25(14)33)11-35-46-12-13-2-4-16(34)5-3-13/h2-5,8-11,41-43H,6-7,12H2,1H3,(H,36,44)/b35-11+/t33-/m0/s1. The lowest BCUT2D eigenvalue weighted by Crippen LogP contribution is -2.51. The number of aliphatic hydroxyl groups excluding tert-OH is 2. The van der Waals surface area contributed by atoms with Gasteiger partial charge in [0, 0.05) is 11.6 Å². The number of aromatic amines is 1. The Bertz CT molecular complexity index is 2680. The third kappa shape index (κ3) is 3.77. The van der Waals surface area contributed by atoms with Crippen LogP contribution < -0.4 is 42.4 Å². The van der Waals surface area contributed by atoms with Crippen LogP contribution in [0.1, 0.15) is 28.8 Å². The predicted molar refractivity (Wildman–Crippen MR) is 162 cm³/mol. The molecule has 46 heavy (non-hydrogen) atoms. The van der Waals surface area contributed by atoms with Gasteiger partial charge in [0.25, 0.3) is 5.56 Å². The van der Waals surface area contributed by atoms with Crippen LogP contribution in [-0.4, -0.2) is 33.6 Å². The molecule has 1 atom stereocenters. The fourth-order valence-corrected chi connectivity index (χ4v) is 6.62. The third-order valence-corrected chi connectivity index (χ3v) is 8.69. The molecule has 0 aliphatic heterocycles. The molecule has 4 aliphatic rings. The fourth-order valence-electron chi connectivity index (χ4n) is 6.62. The van der Waals surface area contributed by atoms with Gasteiger partial charge in [-0.1, -0.05) is 23.4 Å². The second kappa shape index (κ2) is 9.95. The number of methoxy groups -OCH3 is 1. The number of pyridine rings is 1. The minimum absolute atomic E-state index is 0.0405. The van der Waals surface area contributed by atoms with Crippen LogP contribution in [0.25, 0.3) is 22.3 Å². The summed E-state index contributed by atoms with van der Waals surface area (Å²) >= 11 is 0. The molecule has 0 unspecified atom stereocenters. The molecule has 0 bridgehead atoms. The van der Waals surface area contributed by atoms with E-state index in [1.807, 2.05) is 0 Å². The molecule has 4 aliphatic carbocycles. The minimum atomic E-state index is -2.00. The SMILES string of the molecule is COc1cc(=O)c2c(=O)c3c(c(=O)c=2c1=O)=C(O)[C@]1(CCc2cc4cc(/C=N/OCc5ccc(F)cc5)[nH]c(=O)c4c(O)c21)C=3O. The number of aliphatic hydroxyl groups is 2. The normalized spacial score (nSPS) is 17.0. The number of aryl methyl sites for hydroxylation is 1. The van der Waals surface area contributed by atoms with Gasteiger partial charge in [0.15, 0.2) is 11.2 Å². The van der Waals surface area contributed by atoms with Gasteiger partial charge >= 0.3 is 0 Å². The van der Waals surface area contributed by atoms with Crippen molar-refractivity contribution in [3.8, 4) is 11.5 Å². The number of aromatic nitrogens is 1. The van der Waals surface area contributed by atoms with E-state index in [2.05, 4.69) is 10.1 Å². The Hall–Kier alpha value is -6.11. The smallest absolute Gasteiger partial charge is 0.260 e. The quantitative estimate of drug-likeness (QED) is 0.155. The number of nitrogens with zero attached hydrogens (tertiary/aromatic N) is 1. The highest BCUT2D eigenvalue weighted by Gasteiger charge is 2.53. The summed E-state index contributed by atoms with van der Waals surface area (Å²) in [5, 5.41) is 35.7. The lowest BCUT2D eigenvalue weighted by Gasteiger charge is -2.27. The topological polar surface area (TPSA) is 193 Å². The number of H-pyrrole nitrogens is 1. The predicted octanol–water partition coefficient (Wildman–Crippen LogP) is 0.203. The van der Waals surface area contributed by atoms with Crippen LogP contribution in [0.3, 0.4) is 0 Å². The van der Waals surface area contributed by atoms with Crippen molar-refractivity contribution in [1.29, 1.82) is 0 Å². The Morgan fingerprint density at radius 2 is 1.59 bits per heavy atom. The average molecular weight is 625 g/mol. The molecule has 0 amide bonds. The first-order valence-electron chi connectivity index (χ1n) is 13.9. The Morgan fingerprint density at radius 3 is 2.26 bits per heavy atom. The van der Waals surface area contributed by atoms with E-state index in [1.165, 1.54) is 36.5 Å². The maximum absolute atomic E-state index is 13.6. The Balaban J connectivity index is 1.39. The molecule has 13 heteroatoms. The highest BCUT2D eigenvalue weighted by atomic mass is 19.1. The molecule has 0 saturated carbocycles. The zero-order chi connectivity index (χ0) is 32.7. The van der Waals surface area contributed by atoms with Gasteiger partial charge < -0.3 is 29.9 Å². The molecule has 0 fully saturated rings. The average Bonchev–Trinajstić information content (AvgIpc) is 3.52. The van der Waals surface area contributed by atoms with Crippen molar-refractivity contribution < 1.29 is 29.3 Å². The van der Waals surface area contributed by atoms with Crippen LogP contribution >= 0.6 is 0 Å². The van der Waals surface area contributed by atoms with Crippen LogP contribution in [0.2, 0.25) is 0 Å². The number of aromatic hydroxyl groups is 1. The van der Waals surface area contributed by atoms with E-state index in [9.17, 15) is 43.7 Å². The van der Waals surface area contributed by atoms with Crippen LogP contribution in [0.15, 0.2) is 71.6 Å². The van der Waals surface area contributed by atoms with Crippen LogP contribution in [0.4, 0.5) is 4.39 Å². The second-order valence-electron chi connectivity index (χ2n) is 11.1. The monoisotopic (exact) mass is 624 g/mol. The summed E-state index contributed by atoms with van der Waals surface area (Å²) in [5.74, 6) is -3.03. The molecule has 7 rings (SSSR count). The summed E-state index contributed by atoms with van der Waals surface area (Å²) in [7, 11) is 1.11. The number of rotatable bonds is 5. The van der Waals surface area contributed by atoms with Gasteiger partial charge in [-0.25, -0.2) is 4.39 Å². The first-order valence-corrected chi connectivity index (χ1v) is 13.9. The van der Waals surface area contributed by atoms with Gasteiger partial charge in [0.2, 0.25) is 16.3 Å². The van der Waals surface area contributed by atoms with Crippen molar-refractivity contribution in [2.24, 2.45) is 5.16 Å². The van der Waals surface area contributed by atoms with Crippen LogP contribution in [0.5, 0.6) is 11.5 Å². The summed E-state index contributed by atoms with van der Waals surface area (Å²) < 4.78 is 18.0. The Labute approximate surface area is 254 Å². The van der Waals surface area contributed by atoms with Crippen LogP contribution in [-0.2, 0) is 23.3 Å². The molecule has 3 aromatic rings. The molecule has 12 nitrogen and oxygen atoms in total. The van der Waals surface area contributed by atoms with Gasteiger partial charge in [-0.3, -0.25) is 24.0 Å². The summed E-state index contributed by atoms with van der Waals surface area (Å²) in [6, 6.07) is 9.47. The molecular formula is C33H21FN2O10. The zero-order valence-electron chi connectivity index (χ0n) is 23.8. The van der Waals surface area contributed by atoms with Crippen molar-refractivity contribution in [2.45, 2.75) is 24.9 Å². The summed E-state index contributed by atoms with van der Waals surface area (Å²) in [5.41, 5.74) is -5.84. The number of hydrogen-bond acceptors (Lipinski definition) is 11. The number of phenols is 1. The van der Waals surface area contributed by atoms with Crippen LogP contribution in [0, 0.1) is 16.3 Å². The second-order valence-corrected chi connectivity index (χ2v) is 11.1. The molecule has 1 aromatic heterocycles. The first kappa shape index (κ1) is 28.6. The number of nitrogens with one attached hydrogen (secondary N) is 1. The minimum Gasteiger partial charge on any atom is -0.510 e. The number of benzene rings is 2. The molecule has 2 aromatic carbocycles. The Kier molecular flexibility index (Phi) is 6.20. The maximum Gasteiger partial charge on any atom is 0.260 e. The number of hydrogen-bond donors (Lipinski definition) is 4. The molecule has 0 radical (unpaired) electrons. The van der Waals surface area contributed by atoms with E-state index in [1.54, 1.807) is 6.07 Å². The van der Waals surface area contributed by atoms with Gasteiger partial charge in [-0.2, -0.15) is 0 Å². The van der Waals surface area contributed by atoms with E-state index >= 15 is 0 Å². The molecule has 4 N–H and O–H groups in total.